The van der Waals surface area contributed by atoms with Gasteiger partial charge in [0, 0.05) is 42.8 Å². The van der Waals surface area contributed by atoms with E-state index in [9.17, 15) is 13.6 Å². The van der Waals surface area contributed by atoms with Crippen LogP contribution in [0.2, 0.25) is 0 Å². The topological polar surface area (TPSA) is 85.3 Å². The van der Waals surface area contributed by atoms with Crippen LogP contribution in [-0.2, 0) is 6.42 Å². The maximum absolute atomic E-state index is 13.6. The van der Waals surface area contributed by atoms with E-state index in [4.69, 9.17) is 9.05 Å². The average Bonchev–Trinajstić information content (AvgIpc) is 3.34. The number of piperidine rings is 1. The van der Waals surface area contributed by atoms with E-state index in [-0.39, 0.29) is 34.2 Å². The molecule has 9 heteroatoms. The number of hydrogen-bond acceptors (Lipinski definition) is 6. The summed E-state index contributed by atoms with van der Waals surface area (Å²) in [5, 5.41) is 7.86. The maximum Gasteiger partial charge on any atom is 0.276 e. The molecule has 3 aromatic heterocycles. The third kappa shape index (κ3) is 3.25. The van der Waals surface area contributed by atoms with E-state index in [0.29, 0.717) is 36.7 Å². The van der Waals surface area contributed by atoms with Crippen molar-refractivity contribution in [1.82, 2.24) is 20.2 Å². The maximum atomic E-state index is 13.6. The zero-order chi connectivity index (χ0) is 19.8. The first kappa shape index (κ1) is 18.5. The number of fused-ring (bicyclic) bond motifs is 1. The zero-order valence-corrected chi connectivity index (χ0v) is 15.6. The molecule has 1 saturated heterocycles. The van der Waals surface area contributed by atoms with E-state index < -0.39 is 6.43 Å². The van der Waals surface area contributed by atoms with E-state index in [0.717, 1.165) is 12.8 Å². The van der Waals surface area contributed by atoms with Crippen LogP contribution in [0.4, 0.5) is 8.78 Å². The van der Waals surface area contributed by atoms with Gasteiger partial charge in [-0.25, -0.2) is 13.8 Å². The molecule has 28 heavy (non-hydrogen) atoms. The molecule has 1 atom stereocenters. The SMILES string of the molecule is CCc1cc(C(=O)N2CCCC(c3cc(C(F)F)c4c(C)noc4n3)C2)no1. The predicted octanol–water partition coefficient (Wildman–Crippen LogP) is 4.04. The molecule has 3 aromatic rings. The summed E-state index contributed by atoms with van der Waals surface area (Å²) in [6.07, 6.45) is -0.517. The lowest BCUT2D eigenvalue weighted by Gasteiger charge is -2.32. The van der Waals surface area contributed by atoms with Crippen molar-refractivity contribution in [2.45, 2.75) is 45.5 Å². The molecule has 7 nitrogen and oxygen atoms in total. The Labute approximate surface area is 159 Å². The zero-order valence-electron chi connectivity index (χ0n) is 15.6. The number of nitrogens with zero attached hydrogens (tertiary/aromatic N) is 4. The Morgan fingerprint density at radius 3 is 2.86 bits per heavy atom. The highest BCUT2D eigenvalue weighted by Gasteiger charge is 2.30. The highest BCUT2D eigenvalue weighted by atomic mass is 19.3. The quantitative estimate of drug-likeness (QED) is 0.668. The Balaban J connectivity index is 1.61. The van der Waals surface area contributed by atoms with Crippen LogP contribution in [0.1, 0.15) is 65.3 Å². The van der Waals surface area contributed by atoms with Gasteiger partial charge in [-0.3, -0.25) is 4.79 Å². The fraction of sp³-hybridized carbons (Fsp3) is 0.474. The molecule has 0 aliphatic carbocycles. The van der Waals surface area contributed by atoms with Crippen LogP contribution in [0, 0.1) is 6.92 Å². The highest BCUT2D eigenvalue weighted by Crippen LogP contribution is 2.34. The van der Waals surface area contributed by atoms with E-state index >= 15 is 0 Å². The first-order chi connectivity index (χ1) is 13.5. The standard InChI is InChI=1S/C19H20F2N4O3/c1-3-12-7-15(24-27-12)19(26)25-6-4-5-11(9-25)14-8-13(17(20)21)16-10(2)23-28-18(16)22-14/h7-8,11,17H,3-6,9H2,1-2H3. The van der Waals surface area contributed by atoms with Gasteiger partial charge in [0.05, 0.1) is 11.1 Å². The summed E-state index contributed by atoms with van der Waals surface area (Å²) in [7, 11) is 0. The Morgan fingerprint density at radius 1 is 1.32 bits per heavy atom. The Kier molecular flexibility index (Phi) is 4.82. The lowest BCUT2D eigenvalue weighted by molar-refractivity contribution is 0.0695. The van der Waals surface area contributed by atoms with Gasteiger partial charge in [-0.15, -0.1) is 0 Å². The third-order valence-corrected chi connectivity index (χ3v) is 5.16. The van der Waals surface area contributed by atoms with Gasteiger partial charge in [0.1, 0.15) is 5.76 Å². The van der Waals surface area contributed by atoms with Crippen LogP contribution in [0.5, 0.6) is 0 Å². The summed E-state index contributed by atoms with van der Waals surface area (Å²) in [6, 6.07) is 3.06. The number of carbonyl (C=O) groups is 1. The third-order valence-electron chi connectivity index (χ3n) is 5.16. The van der Waals surface area contributed by atoms with Crippen LogP contribution in [-0.4, -0.2) is 39.2 Å². The molecule has 1 aliphatic rings. The highest BCUT2D eigenvalue weighted by molar-refractivity contribution is 5.92. The first-order valence-electron chi connectivity index (χ1n) is 9.27. The minimum absolute atomic E-state index is 0.109. The van der Waals surface area contributed by atoms with Crippen molar-refractivity contribution in [3.63, 3.8) is 0 Å². The number of amides is 1. The molecule has 4 rings (SSSR count). The summed E-state index contributed by atoms with van der Waals surface area (Å²) in [5.41, 5.74) is 1.12. The molecular formula is C19H20F2N4O3. The number of likely N-dealkylation sites (tertiary alicyclic amines) is 1. The number of halogens is 2. The molecule has 0 spiro atoms. The van der Waals surface area contributed by atoms with Gasteiger partial charge in [0.25, 0.3) is 18.0 Å². The molecule has 0 saturated carbocycles. The number of pyridine rings is 1. The second kappa shape index (κ2) is 7.29. The van der Waals surface area contributed by atoms with Gasteiger partial charge < -0.3 is 13.9 Å². The van der Waals surface area contributed by atoms with E-state index in [1.165, 1.54) is 6.07 Å². The summed E-state index contributed by atoms with van der Waals surface area (Å²) in [4.78, 5) is 18.8. The Hall–Kier alpha value is -2.84. The predicted molar refractivity (Wildman–Crippen MR) is 95.3 cm³/mol. The van der Waals surface area contributed by atoms with Gasteiger partial charge >= 0.3 is 0 Å². The average molecular weight is 390 g/mol. The largest absolute Gasteiger partial charge is 0.361 e. The lowest BCUT2D eigenvalue weighted by Crippen LogP contribution is -2.39. The van der Waals surface area contributed by atoms with Crippen molar-refractivity contribution in [3.05, 3.63) is 40.5 Å². The smallest absolute Gasteiger partial charge is 0.276 e. The molecule has 0 radical (unpaired) electrons. The van der Waals surface area contributed by atoms with Gasteiger partial charge in [-0.05, 0) is 25.8 Å². The molecule has 0 aromatic carbocycles. The van der Waals surface area contributed by atoms with Crippen molar-refractivity contribution in [2.75, 3.05) is 13.1 Å². The monoisotopic (exact) mass is 390 g/mol. The molecule has 0 bridgehead atoms. The normalized spacial score (nSPS) is 17.6. The molecule has 4 heterocycles. The lowest BCUT2D eigenvalue weighted by atomic mass is 9.92. The van der Waals surface area contributed by atoms with Crippen molar-refractivity contribution in [1.29, 1.82) is 0 Å². The number of hydrogen-bond donors (Lipinski definition) is 0. The van der Waals surface area contributed by atoms with E-state index in [1.807, 2.05) is 6.92 Å². The fourth-order valence-electron chi connectivity index (χ4n) is 3.67. The van der Waals surface area contributed by atoms with Gasteiger partial charge in [0.15, 0.2) is 5.69 Å². The van der Waals surface area contributed by atoms with Crippen LogP contribution < -0.4 is 0 Å². The van der Waals surface area contributed by atoms with Crippen LogP contribution >= 0.6 is 0 Å². The number of aryl methyl sites for hydroxylation is 2. The molecule has 148 valence electrons. The van der Waals surface area contributed by atoms with Crippen molar-refractivity contribution >= 4 is 17.0 Å². The summed E-state index contributed by atoms with van der Waals surface area (Å²) in [5.74, 6) is 0.257. The second-order valence-electron chi connectivity index (χ2n) is 7.01. The Morgan fingerprint density at radius 2 is 2.14 bits per heavy atom. The molecule has 1 unspecified atom stereocenters. The van der Waals surface area contributed by atoms with Crippen LogP contribution in [0.25, 0.3) is 11.1 Å². The fourth-order valence-corrected chi connectivity index (χ4v) is 3.67. The van der Waals surface area contributed by atoms with Crippen LogP contribution in [0.15, 0.2) is 21.2 Å². The van der Waals surface area contributed by atoms with Crippen molar-refractivity contribution < 1.29 is 22.6 Å². The summed E-state index contributed by atoms with van der Waals surface area (Å²) < 4.78 is 37.4. The van der Waals surface area contributed by atoms with E-state index in [1.54, 1.807) is 17.9 Å². The van der Waals surface area contributed by atoms with Crippen molar-refractivity contribution in [3.8, 4) is 0 Å². The summed E-state index contributed by atoms with van der Waals surface area (Å²) >= 11 is 0. The van der Waals surface area contributed by atoms with Gasteiger partial charge in [-0.2, -0.15) is 0 Å². The van der Waals surface area contributed by atoms with Gasteiger partial charge in [0.2, 0.25) is 0 Å². The minimum atomic E-state index is -2.66. The molecule has 1 fully saturated rings. The van der Waals surface area contributed by atoms with E-state index in [2.05, 4.69) is 15.3 Å². The number of rotatable bonds is 4. The van der Waals surface area contributed by atoms with Crippen molar-refractivity contribution in [2.24, 2.45) is 0 Å². The first-order valence-corrected chi connectivity index (χ1v) is 9.27. The molecular weight excluding hydrogens is 370 g/mol. The molecule has 1 aliphatic heterocycles. The number of aromatic nitrogens is 3. The number of alkyl halides is 2. The Bertz CT molecular complexity index is 1010. The second-order valence-corrected chi connectivity index (χ2v) is 7.01. The number of carbonyl (C=O) groups excluding carboxylic acids is 1. The van der Waals surface area contributed by atoms with Crippen LogP contribution in [0.3, 0.4) is 0 Å². The summed E-state index contributed by atoms with van der Waals surface area (Å²) in [6.45, 7) is 4.48. The molecule has 1 amide bonds. The molecule has 0 N–H and O–H groups in total. The minimum Gasteiger partial charge on any atom is -0.361 e. The van der Waals surface area contributed by atoms with Gasteiger partial charge in [-0.1, -0.05) is 17.2 Å².